The van der Waals surface area contributed by atoms with Gasteiger partial charge in [-0.05, 0) is 36.1 Å². The predicted molar refractivity (Wildman–Crippen MR) is 102 cm³/mol. The lowest BCUT2D eigenvalue weighted by Gasteiger charge is -2.09. The molecule has 2 heterocycles. The van der Waals surface area contributed by atoms with E-state index < -0.39 is 10.0 Å². The van der Waals surface area contributed by atoms with E-state index in [1.807, 2.05) is 17.5 Å². The van der Waals surface area contributed by atoms with Crippen molar-refractivity contribution in [2.75, 3.05) is 6.54 Å². The Kier molecular flexibility index (Phi) is 5.33. The zero-order valence-electron chi connectivity index (χ0n) is 14.1. The van der Waals surface area contributed by atoms with Crippen LogP contribution in [0.4, 0.5) is 0 Å². The van der Waals surface area contributed by atoms with Crippen molar-refractivity contribution in [3.63, 3.8) is 0 Å². The third kappa shape index (κ3) is 3.75. The summed E-state index contributed by atoms with van der Waals surface area (Å²) in [6.07, 6.45) is 0. The fourth-order valence-electron chi connectivity index (χ4n) is 2.48. The number of benzene rings is 1. The van der Waals surface area contributed by atoms with Gasteiger partial charge in [0.15, 0.2) is 5.82 Å². The minimum Gasteiger partial charge on any atom is -0.277 e. The van der Waals surface area contributed by atoms with E-state index >= 15 is 0 Å². The Morgan fingerprint density at radius 3 is 2.77 bits per heavy atom. The SMILES string of the molecule is Cc1ccc(Cl)cc1S(=O)(=O)NCCn1nc(-c2cccs2)n(C)c1=O. The molecule has 0 saturated carbocycles. The van der Waals surface area contributed by atoms with E-state index in [9.17, 15) is 13.2 Å². The van der Waals surface area contributed by atoms with E-state index in [2.05, 4.69) is 9.82 Å². The molecule has 0 spiro atoms. The smallest absolute Gasteiger partial charge is 0.277 e. The predicted octanol–water partition coefficient (Wildman–Crippen LogP) is 2.25. The van der Waals surface area contributed by atoms with Gasteiger partial charge in [-0.2, -0.15) is 0 Å². The number of nitrogens with zero attached hydrogens (tertiary/aromatic N) is 3. The summed E-state index contributed by atoms with van der Waals surface area (Å²) < 4.78 is 30.1. The van der Waals surface area contributed by atoms with Gasteiger partial charge in [-0.25, -0.2) is 22.6 Å². The number of aromatic nitrogens is 3. The highest BCUT2D eigenvalue weighted by molar-refractivity contribution is 7.89. The molecule has 0 radical (unpaired) electrons. The molecule has 0 atom stereocenters. The molecule has 3 aromatic rings. The summed E-state index contributed by atoms with van der Waals surface area (Å²) in [7, 11) is -2.09. The molecule has 0 aliphatic rings. The van der Waals surface area contributed by atoms with Gasteiger partial charge in [-0.15, -0.1) is 16.4 Å². The fraction of sp³-hybridized carbons (Fsp3) is 0.250. The van der Waals surface area contributed by atoms with E-state index in [-0.39, 0.29) is 23.7 Å². The number of thiophene rings is 1. The van der Waals surface area contributed by atoms with E-state index in [0.717, 1.165) is 4.88 Å². The molecule has 1 N–H and O–H groups in total. The first-order chi connectivity index (χ1) is 12.3. The van der Waals surface area contributed by atoms with Crippen molar-refractivity contribution in [3.8, 4) is 10.7 Å². The van der Waals surface area contributed by atoms with Crippen LogP contribution in [0.15, 0.2) is 45.4 Å². The van der Waals surface area contributed by atoms with Gasteiger partial charge in [0.05, 0.1) is 16.3 Å². The molecule has 138 valence electrons. The molecular formula is C16H17ClN4O3S2. The molecule has 26 heavy (non-hydrogen) atoms. The molecule has 3 rings (SSSR count). The fourth-order valence-corrected chi connectivity index (χ4v) is 4.75. The van der Waals surface area contributed by atoms with Crippen molar-refractivity contribution < 1.29 is 8.42 Å². The number of nitrogens with one attached hydrogen (secondary N) is 1. The van der Waals surface area contributed by atoms with E-state index in [0.29, 0.717) is 16.4 Å². The van der Waals surface area contributed by atoms with Gasteiger partial charge in [0.1, 0.15) is 0 Å². The van der Waals surface area contributed by atoms with Gasteiger partial charge < -0.3 is 0 Å². The second-order valence-corrected chi connectivity index (χ2v) is 8.79. The summed E-state index contributed by atoms with van der Waals surface area (Å²) >= 11 is 7.37. The van der Waals surface area contributed by atoms with Gasteiger partial charge in [0.2, 0.25) is 10.0 Å². The maximum atomic E-state index is 12.5. The second-order valence-electron chi connectivity index (χ2n) is 5.67. The number of rotatable bonds is 6. The first-order valence-electron chi connectivity index (χ1n) is 7.73. The zero-order valence-corrected chi connectivity index (χ0v) is 16.5. The van der Waals surface area contributed by atoms with Gasteiger partial charge in [0.25, 0.3) is 0 Å². The topological polar surface area (TPSA) is 86.0 Å². The molecule has 10 heteroatoms. The summed E-state index contributed by atoms with van der Waals surface area (Å²) in [5, 5.41) is 6.55. The van der Waals surface area contributed by atoms with Crippen molar-refractivity contribution >= 4 is 33.0 Å². The van der Waals surface area contributed by atoms with Gasteiger partial charge >= 0.3 is 5.69 Å². The van der Waals surface area contributed by atoms with Crippen LogP contribution in [0.5, 0.6) is 0 Å². The summed E-state index contributed by atoms with van der Waals surface area (Å²) in [5.74, 6) is 0.554. The van der Waals surface area contributed by atoms with Crippen LogP contribution < -0.4 is 10.4 Å². The molecule has 0 bridgehead atoms. The van der Waals surface area contributed by atoms with Gasteiger partial charge in [-0.1, -0.05) is 23.7 Å². The number of aryl methyl sites for hydroxylation is 1. The Labute approximate surface area is 159 Å². The Bertz CT molecular complexity index is 1090. The monoisotopic (exact) mass is 412 g/mol. The molecule has 0 saturated heterocycles. The summed E-state index contributed by atoms with van der Waals surface area (Å²) in [6, 6.07) is 8.44. The minimum absolute atomic E-state index is 0.0368. The van der Waals surface area contributed by atoms with E-state index in [1.165, 1.54) is 26.7 Å². The molecule has 1 aromatic carbocycles. The third-order valence-corrected chi connectivity index (χ3v) is 6.54. The van der Waals surface area contributed by atoms with Crippen LogP contribution >= 0.6 is 22.9 Å². The van der Waals surface area contributed by atoms with E-state index in [1.54, 1.807) is 26.1 Å². The molecule has 0 fully saturated rings. The Morgan fingerprint density at radius 1 is 1.31 bits per heavy atom. The summed E-state index contributed by atoms with van der Waals surface area (Å²) in [5.41, 5.74) is 0.295. The number of sulfonamides is 1. The van der Waals surface area contributed by atoms with Crippen molar-refractivity contribution in [3.05, 3.63) is 56.8 Å². The van der Waals surface area contributed by atoms with Crippen LogP contribution in [0.3, 0.4) is 0 Å². The lowest BCUT2D eigenvalue weighted by atomic mass is 10.2. The average molecular weight is 413 g/mol. The lowest BCUT2D eigenvalue weighted by molar-refractivity contribution is 0.550. The first-order valence-corrected chi connectivity index (χ1v) is 10.5. The first kappa shape index (κ1) is 18.8. The number of hydrogen-bond acceptors (Lipinski definition) is 5. The maximum Gasteiger partial charge on any atom is 0.345 e. The van der Waals surface area contributed by atoms with Crippen LogP contribution in [0.25, 0.3) is 10.7 Å². The Hall–Kier alpha value is -1.94. The van der Waals surface area contributed by atoms with Crippen LogP contribution in [0.1, 0.15) is 5.56 Å². The number of halogens is 1. The average Bonchev–Trinajstić information content (AvgIpc) is 3.21. The molecule has 7 nitrogen and oxygen atoms in total. The Morgan fingerprint density at radius 2 is 2.08 bits per heavy atom. The lowest BCUT2D eigenvalue weighted by Crippen LogP contribution is -2.32. The standard InChI is InChI=1S/C16H17ClN4O3S2/c1-11-5-6-12(17)10-14(11)26(23,24)18-7-8-21-16(22)20(2)15(19-21)13-4-3-9-25-13/h3-6,9-10,18H,7-8H2,1-2H3. The van der Waals surface area contributed by atoms with Crippen LogP contribution in [-0.2, 0) is 23.6 Å². The van der Waals surface area contributed by atoms with Crippen molar-refractivity contribution in [2.24, 2.45) is 7.05 Å². The normalized spacial score (nSPS) is 11.8. The third-order valence-electron chi connectivity index (χ3n) is 3.84. The largest absolute Gasteiger partial charge is 0.345 e. The molecule has 2 aromatic heterocycles. The van der Waals surface area contributed by atoms with Crippen molar-refractivity contribution in [1.29, 1.82) is 0 Å². The van der Waals surface area contributed by atoms with Crippen LogP contribution in [0, 0.1) is 6.92 Å². The van der Waals surface area contributed by atoms with E-state index in [4.69, 9.17) is 11.6 Å². The maximum absolute atomic E-state index is 12.5. The molecule has 0 amide bonds. The molecule has 0 unspecified atom stereocenters. The van der Waals surface area contributed by atoms with Crippen LogP contribution in [0.2, 0.25) is 5.02 Å². The van der Waals surface area contributed by atoms with Gasteiger partial charge in [0, 0.05) is 18.6 Å². The van der Waals surface area contributed by atoms with Crippen LogP contribution in [-0.4, -0.2) is 29.3 Å². The van der Waals surface area contributed by atoms with Crippen molar-refractivity contribution in [1.82, 2.24) is 19.1 Å². The summed E-state index contributed by atoms with van der Waals surface area (Å²) in [4.78, 5) is 13.3. The molecular weight excluding hydrogens is 396 g/mol. The summed E-state index contributed by atoms with van der Waals surface area (Å²) in [6.45, 7) is 1.85. The molecule has 0 aliphatic heterocycles. The highest BCUT2D eigenvalue weighted by Crippen LogP contribution is 2.21. The number of hydrogen-bond donors (Lipinski definition) is 1. The highest BCUT2D eigenvalue weighted by Gasteiger charge is 2.18. The second kappa shape index (κ2) is 7.36. The zero-order chi connectivity index (χ0) is 18.9. The quantitative estimate of drug-likeness (QED) is 0.672. The van der Waals surface area contributed by atoms with Crippen molar-refractivity contribution in [2.45, 2.75) is 18.4 Å². The van der Waals surface area contributed by atoms with Gasteiger partial charge in [-0.3, -0.25) is 4.57 Å². The minimum atomic E-state index is -3.73. The molecule has 0 aliphatic carbocycles. The highest BCUT2D eigenvalue weighted by atomic mass is 35.5. The Balaban J connectivity index is 1.75.